The molecule has 0 aliphatic carbocycles. The van der Waals surface area contributed by atoms with Gasteiger partial charge in [0.25, 0.3) is 0 Å². The minimum absolute atomic E-state index is 0.169. The molecule has 1 N–H and O–H groups in total. The zero-order chi connectivity index (χ0) is 10.2. The van der Waals surface area contributed by atoms with Crippen LogP contribution < -0.4 is 4.74 Å². The molecule has 0 atom stereocenters. The van der Waals surface area contributed by atoms with Gasteiger partial charge in [0.2, 0.25) is 0 Å². The summed E-state index contributed by atoms with van der Waals surface area (Å²) in [5.74, 6) is 0.676. The van der Waals surface area contributed by atoms with Crippen molar-refractivity contribution in [3.63, 3.8) is 0 Å². The molecule has 1 aromatic rings. The monoisotopic (exact) mass is 196 g/mol. The molecule has 0 fully saturated rings. The highest BCUT2D eigenvalue weighted by molar-refractivity contribution is 5.37. The van der Waals surface area contributed by atoms with Crippen LogP contribution in [0.1, 0.15) is 13.3 Å². The van der Waals surface area contributed by atoms with Gasteiger partial charge < -0.3 is 14.6 Å². The van der Waals surface area contributed by atoms with Crippen molar-refractivity contribution in [2.24, 2.45) is 0 Å². The minimum Gasteiger partial charge on any atom is -0.504 e. The van der Waals surface area contributed by atoms with Crippen LogP contribution in [0.3, 0.4) is 0 Å². The lowest BCUT2D eigenvalue weighted by Gasteiger charge is -2.07. The van der Waals surface area contributed by atoms with Gasteiger partial charge >= 0.3 is 0 Å². The molecule has 1 aromatic carbocycles. The van der Waals surface area contributed by atoms with Gasteiger partial charge in [-0.05, 0) is 18.6 Å². The van der Waals surface area contributed by atoms with E-state index in [4.69, 9.17) is 9.47 Å². The second-order valence-electron chi connectivity index (χ2n) is 2.93. The van der Waals surface area contributed by atoms with Crippen molar-refractivity contribution < 1.29 is 14.6 Å². The van der Waals surface area contributed by atoms with Gasteiger partial charge in [0.15, 0.2) is 11.5 Å². The molecule has 0 unspecified atom stereocenters. The third-order valence-corrected chi connectivity index (χ3v) is 1.70. The van der Waals surface area contributed by atoms with Gasteiger partial charge in [0.05, 0.1) is 6.61 Å². The van der Waals surface area contributed by atoms with E-state index in [-0.39, 0.29) is 5.75 Å². The Morgan fingerprint density at radius 1 is 1.14 bits per heavy atom. The molecule has 0 saturated carbocycles. The maximum atomic E-state index is 9.35. The second kappa shape index (κ2) is 6.27. The molecule has 1 rings (SSSR count). The third-order valence-electron chi connectivity index (χ3n) is 1.70. The first-order chi connectivity index (χ1) is 6.84. The molecule has 0 radical (unpaired) electrons. The average Bonchev–Trinajstić information content (AvgIpc) is 2.20. The van der Waals surface area contributed by atoms with Crippen molar-refractivity contribution in [2.45, 2.75) is 13.3 Å². The fraction of sp³-hybridized carbons (Fsp3) is 0.455. The second-order valence-corrected chi connectivity index (χ2v) is 2.93. The van der Waals surface area contributed by atoms with Gasteiger partial charge in [-0.2, -0.15) is 0 Å². The number of hydrogen-bond donors (Lipinski definition) is 1. The Hall–Kier alpha value is -1.22. The summed E-state index contributed by atoms with van der Waals surface area (Å²) in [5, 5.41) is 9.35. The molecule has 0 spiro atoms. The van der Waals surface area contributed by atoms with Crippen LogP contribution in [0.15, 0.2) is 24.3 Å². The minimum atomic E-state index is 0.169. The summed E-state index contributed by atoms with van der Waals surface area (Å²) in [6.45, 7) is 3.84. The molecule has 3 heteroatoms. The van der Waals surface area contributed by atoms with E-state index < -0.39 is 0 Å². The van der Waals surface area contributed by atoms with E-state index in [1.807, 2.05) is 6.07 Å². The lowest BCUT2D eigenvalue weighted by molar-refractivity contribution is 0.0996. The van der Waals surface area contributed by atoms with Gasteiger partial charge in [-0.15, -0.1) is 0 Å². The first kappa shape index (κ1) is 10.9. The Bertz CT molecular complexity index is 260. The van der Waals surface area contributed by atoms with Crippen molar-refractivity contribution in [2.75, 3.05) is 19.8 Å². The lowest BCUT2D eigenvalue weighted by Crippen LogP contribution is -2.07. The fourth-order valence-corrected chi connectivity index (χ4v) is 1.04. The van der Waals surface area contributed by atoms with Crippen LogP contribution >= 0.6 is 0 Å². The van der Waals surface area contributed by atoms with E-state index in [1.54, 1.807) is 18.2 Å². The fourth-order valence-electron chi connectivity index (χ4n) is 1.04. The Kier molecular flexibility index (Phi) is 4.86. The molecule has 0 saturated heterocycles. The van der Waals surface area contributed by atoms with Gasteiger partial charge in [0.1, 0.15) is 6.61 Å². The quantitative estimate of drug-likeness (QED) is 0.709. The van der Waals surface area contributed by atoms with E-state index in [0.29, 0.717) is 19.0 Å². The largest absolute Gasteiger partial charge is 0.504 e. The molecule has 0 bridgehead atoms. The van der Waals surface area contributed by atoms with Gasteiger partial charge in [-0.1, -0.05) is 19.1 Å². The van der Waals surface area contributed by atoms with E-state index in [1.165, 1.54) is 0 Å². The highest BCUT2D eigenvalue weighted by Crippen LogP contribution is 2.23. The smallest absolute Gasteiger partial charge is 0.161 e. The Morgan fingerprint density at radius 3 is 2.64 bits per heavy atom. The summed E-state index contributed by atoms with van der Waals surface area (Å²) in [6.07, 6.45) is 1.01. The zero-order valence-electron chi connectivity index (χ0n) is 8.40. The summed E-state index contributed by atoms with van der Waals surface area (Å²) >= 11 is 0. The van der Waals surface area contributed by atoms with Gasteiger partial charge in [-0.3, -0.25) is 0 Å². The lowest BCUT2D eigenvalue weighted by atomic mass is 10.3. The number of rotatable bonds is 6. The predicted octanol–water partition coefficient (Wildman–Crippen LogP) is 2.20. The third kappa shape index (κ3) is 3.66. The normalized spacial score (nSPS) is 10.1. The molecule has 0 heterocycles. The highest BCUT2D eigenvalue weighted by Gasteiger charge is 1.98. The maximum absolute atomic E-state index is 9.35. The molecular weight excluding hydrogens is 180 g/mol. The van der Waals surface area contributed by atoms with E-state index >= 15 is 0 Å². The standard InChI is InChI=1S/C11H16O3/c1-2-7-13-8-9-14-11-6-4-3-5-10(11)12/h3-6,12H,2,7-9H2,1H3. The highest BCUT2D eigenvalue weighted by atomic mass is 16.5. The number of aromatic hydroxyl groups is 1. The van der Waals surface area contributed by atoms with Crippen LogP contribution in [0.4, 0.5) is 0 Å². The van der Waals surface area contributed by atoms with Crippen LogP contribution in [0, 0.1) is 0 Å². The van der Waals surface area contributed by atoms with Crippen molar-refractivity contribution in [1.82, 2.24) is 0 Å². The Labute approximate surface area is 84.3 Å². The first-order valence-corrected chi connectivity index (χ1v) is 4.83. The number of phenols is 1. The van der Waals surface area contributed by atoms with Gasteiger partial charge in [0, 0.05) is 6.61 Å². The molecule has 0 aliphatic heterocycles. The van der Waals surface area contributed by atoms with Crippen molar-refractivity contribution in [1.29, 1.82) is 0 Å². The van der Waals surface area contributed by atoms with Crippen LogP contribution in [0.25, 0.3) is 0 Å². The summed E-state index contributed by atoms with van der Waals surface area (Å²) < 4.78 is 10.5. The number of para-hydroxylation sites is 2. The Morgan fingerprint density at radius 2 is 1.93 bits per heavy atom. The number of hydrogen-bond acceptors (Lipinski definition) is 3. The van der Waals surface area contributed by atoms with E-state index in [0.717, 1.165) is 13.0 Å². The number of ether oxygens (including phenoxy) is 2. The van der Waals surface area contributed by atoms with Crippen molar-refractivity contribution in [3.05, 3.63) is 24.3 Å². The maximum Gasteiger partial charge on any atom is 0.161 e. The molecule has 0 amide bonds. The number of phenolic OH excluding ortho intramolecular Hbond substituents is 1. The first-order valence-electron chi connectivity index (χ1n) is 4.83. The summed E-state index contributed by atoms with van der Waals surface area (Å²) in [6, 6.07) is 6.91. The molecule has 0 aliphatic rings. The van der Waals surface area contributed by atoms with E-state index in [9.17, 15) is 5.11 Å². The molecule has 14 heavy (non-hydrogen) atoms. The van der Waals surface area contributed by atoms with Crippen LogP contribution in [-0.2, 0) is 4.74 Å². The number of benzene rings is 1. The summed E-state index contributed by atoms with van der Waals surface area (Å²) in [7, 11) is 0. The molecule has 0 aromatic heterocycles. The average molecular weight is 196 g/mol. The predicted molar refractivity (Wildman–Crippen MR) is 54.7 cm³/mol. The molecule has 78 valence electrons. The van der Waals surface area contributed by atoms with Crippen LogP contribution in [0.5, 0.6) is 11.5 Å². The van der Waals surface area contributed by atoms with Crippen LogP contribution in [-0.4, -0.2) is 24.9 Å². The molecule has 3 nitrogen and oxygen atoms in total. The van der Waals surface area contributed by atoms with Crippen molar-refractivity contribution in [3.8, 4) is 11.5 Å². The van der Waals surface area contributed by atoms with Gasteiger partial charge in [-0.25, -0.2) is 0 Å². The van der Waals surface area contributed by atoms with Crippen molar-refractivity contribution >= 4 is 0 Å². The molecular formula is C11H16O3. The zero-order valence-corrected chi connectivity index (χ0v) is 8.40. The van der Waals surface area contributed by atoms with E-state index in [2.05, 4.69) is 6.92 Å². The Balaban J connectivity index is 2.21. The SMILES string of the molecule is CCCOCCOc1ccccc1O. The summed E-state index contributed by atoms with van der Waals surface area (Å²) in [4.78, 5) is 0. The topological polar surface area (TPSA) is 38.7 Å². The summed E-state index contributed by atoms with van der Waals surface area (Å²) in [5.41, 5.74) is 0. The van der Waals surface area contributed by atoms with Crippen LogP contribution in [0.2, 0.25) is 0 Å².